The number of carbonyl (C=O) groups excluding carboxylic acids is 3. The van der Waals surface area contributed by atoms with Crippen molar-refractivity contribution in [1.82, 2.24) is 0 Å². The molecule has 0 saturated heterocycles. The summed E-state index contributed by atoms with van der Waals surface area (Å²) in [5.41, 5.74) is 1.24. The van der Waals surface area contributed by atoms with Gasteiger partial charge in [-0.15, -0.1) is 0 Å². The highest BCUT2D eigenvalue weighted by Crippen LogP contribution is 2.26. The molecule has 9 heteroatoms. The number of hydrogen-bond acceptors (Lipinski definition) is 9. The summed E-state index contributed by atoms with van der Waals surface area (Å²) in [5, 5.41) is 18.9. The first-order chi connectivity index (χ1) is 15.8. The van der Waals surface area contributed by atoms with Crippen LogP contribution in [0.5, 0.6) is 17.2 Å². The minimum Gasteiger partial charge on any atom is -0.508 e. The summed E-state index contributed by atoms with van der Waals surface area (Å²) < 4.78 is 20.2. The molecular formula is C24H24O9. The van der Waals surface area contributed by atoms with Crippen LogP contribution in [-0.4, -0.2) is 54.5 Å². The lowest BCUT2D eigenvalue weighted by atomic mass is 10.2. The third-order valence-corrected chi connectivity index (χ3v) is 4.09. The summed E-state index contributed by atoms with van der Waals surface area (Å²) in [5.74, 6) is -1.73. The third-order valence-electron chi connectivity index (χ3n) is 4.09. The maximum atomic E-state index is 12.2. The molecule has 0 aromatic heterocycles. The van der Waals surface area contributed by atoms with Crippen LogP contribution in [-0.2, 0) is 28.6 Å². The maximum absolute atomic E-state index is 12.2. The van der Waals surface area contributed by atoms with Crippen LogP contribution in [0.4, 0.5) is 0 Å². The van der Waals surface area contributed by atoms with Gasteiger partial charge in [0.25, 0.3) is 0 Å². The van der Waals surface area contributed by atoms with Crippen LogP contribution < -0.4 is 4.74 Å². The smallest absolute Gasteiger partial charge is 0.331 e. The number of hydrogen-bond donors (Lipinski definition) is 2. The van der Waals surface area contributed by atoms with Crippen LogP contribution in [0.25, 0.3) is 12.2 Å². The van der Waals surface area contributed by atoms with Gasteiger partial charge in [0.15, 0.2) is 17.6 Å². The van der Waals surface area contributed by atoms with Gasteiger partial charge in [-0.1, -0.05) is 18.2 Å². The van der Waals surface area contributed by atoms with Gasteiger partial charge in [-0.3, -0.25) is 4.79 Å². The molecule has 1 unspecified atom stereocenters. The topological polar surface area (TPSA) is 129 Å². The van der Waals surface area contributed by atoms with Crippen molar-refractivity contribution in [3.05, 3.63) is 65.7 Å². The average molecular weight is 456 g/mol. The lowest BCUT2D eigenvalue weighted by molar-refractivity contribution is -0.161. The number of phenols is 2. The van der Waals surface area contributed by atoms with Crippen LogP contribution in [0.3, 0.4) is 0 Å². The highest BCUT2D eigenvalue weighted by atomic mass is 16.6. The molecule has 0 fully saturated rings. The second-order valence-corrected chi connectivity index (χ2v) is 6.68. The minimum absolute atomic E-state index is 0.0417. The van der Waals surface area contributed by atoms with Crippen molar-refractivity contribution >= 4 is 30.1 Å². The van der Waals surface area contributed by atoms with Gasteiger partial charge in [0, 0.05) is 19.1 Å². The third kappa shape index (κ3) is 9.18. The zero-order chi connectivity index (χ0) is 24.2. The van der Waals surface area contributed by atoms with E-state index < -0.39 is 24.0 Å². The highest BCUT2D eigenvalue weighted by molar-refractivity contribution is 5.88. The highest BCUT2D eigenvalue weighted by Gasteiger charge is 2.17. The number of esters is 3. The standard InChI is InChI=1S/C24H24O9/c1-16(25)31-14-20(15-32-23(28)11-6-17-3-8-19(26)9-4-17)33-24(29)12-7-18-5-10-21(27)22(13-18)30-2/h3-13,20,26-27H,14-15H2,1-2H3/b11-6+,12-7+. The molecule has 0 spiro atoms. The van der Waals surface area contributed by atoms with Gasteiger partial charge in [0.2, 0.25) is 0 Å². The molecule has 2 rings (SSSR count). The zero-order valence-electron chi connectivity index (χ0n) is 18.1. The van der Waals surface area contributed by atoms with Crippen molar-refractivity contribution in [2.24, 2.45) is 0 Å². The molecular weight excluding hydrogens is 432 g/mol. The first-order valence-corrected chi connectivity index (χ1v) is 9.79. The summed E-state index contributed by atoms with van der Waals surface area (Å²) in [4.78, 5) is 35.2. The molecule has 2 aromatic carbocycles. The Labute approximate surface area is 190 Å². The molecule has 0 aliphatic rings. The Morgan fingerprint density at radius 3 is 2.15 bits per heavy atom. The number of carbonyl (C=O) groups is 3. The molecule has 9 nitrogen and oxygen atoms in total. The quantitative estimate of drug-likeness (QED) is 0.315. The molecule has 1 atom stereocenters. The van der Waals surface area contributed by atoms with E-state index in [-0.39, 0.29) is 30.5 Å². The zero-order valence-corrected chi connectivity index (χ0v) is 18.1. The van der Waals surface area contributed by atoms with Gasteiger partial charge in [-0.25, -0.2) is 9.59 Å². The summed E-state index contributed by atoms with van der Waals surface area (Å²) in [6.07, 6.45) is 4.23. The van der Waals surface area contributed by atoms with Crippen LogP contribution in [0.15, 0.2) is 54.6 Å². The van der Waals surface area contributed by atoms with Gasteiger partial charge >= 0.3 is 17.9 Å². The van der Waals surface area contributed by atoms with Gasteiger partial charge in [0.1, 0.15) is 19.0 Å². The molecule has 0 amide bonds. The number of phenolic OH excluding ortho intramolecular Hbond substituents is 2. The largest absolute Gasteiger partial charge is 0.508 e. The fourth-order valence-corrected chi connectivity index (χ4v) is 2.47. The summed E-state index contributed by atoms with van der Waals surface area (Å²) in [6.45, 7) is 0.568. The summed E-state index contributed by atoms with van der Waals surface area (Å²) in [7, 11) is 1.40. The Morgan fingerprint density at radius 1 is 0.879 bits per heavy atom. The Bertz CT molecular complexity index is 1020. The SMILES string of the molecule is COc1cc(/C=C/C(=O)OC(COC(C)=O)COC(=O)/C=C/c2ccc(O)cc2)ccc1O. The number of methoxy groups -OCH3 is 1. The maximum Gasteiger partial charge on any atom is 0.331 e. The van der Waals surface area contributed by atoms with E-state index in [1.54, 1.807) is 18.2 Å². The van der Waals surface area contributed by atoms with Crippen molar-refractivity contribution in [2.45, 2.75) is 13.0 Å². The van der Waals surface area contributed by atoms with Gasteiger partial charge in [0.05, 0.1) is 7.11 Å². The van der Waals surface area contributed by atoms with Crippen LogP contribution in [0.2, 0.25) is 0 Å². The van der Waals surface area contributed by atoms with Crippen LogP contribution in [0.1, 0.15) is 18.1 Å². The molecule has 33 heavy (non-hydrogen) atoms. The lowest BCUT2D eigenvalue weighted by Crippen LogP contribution is -2.29. The fraction of sp³-hybridized carbons (Fsp3) is 0.208. The first-order valence-electron chi connectivity index (χ1n) is 9.79. The predicted octanol–water partition coefficient (Wildman–Crippen LogP) is 2.85. The average Bonchev–Trinajstić information content (AvgIpc) is 2.79. The summed E-state index contributed by atoms with van der Waals surface area (Å²) in [6, 6.07) is 10.7. The van der Waals surface area contributed by atoms with E-state index in [9.17, 15) is 24.6 Å². The Hall–Kier alpha value is -4.27. The number of rotatable bonds is 10. The molecule has 2 N–H and O–H groups in total. The molecule has 0 aliphatic carbocycles. The van der Waals surface area contributed by atoms with Gasteiger partial charge in [-0.2, -0.15) is 0 Å². The lowest BCUT2D eigenvalue weighted by Gasteiger charge is -2.16. The van der Waals surface area contributed by atoms with Crippen LogP contribution >= 0.6 is 0 Å². The van der Waals surface area contributed by atoms with E-state index in [1.807, 2.05) is 0 Å². The Balaban J connectivity index is 1.94. The van der Waals surface area contributed by atoms with E-state index in [0.29, 0.717) is 11.1 Å². The fourth-order valence-electron chi connectivity index (χ4n) is 2.47. The van der Waals surface area contributed by atoms with Crippen molar-refractivity contribution in [1.29, 1.82) is 0 Å². The molecule has 0 saturated carbocycles. The second-order valence-electron chi connectivity index (χ2n) is 6.68. The Morgan fingerprint density at radius 2 is 1.48 bits per heavy atom. The van der Waals surface area contributed by atoms with Crippen molar-refractivity contribution in [2.75, 3.05) is 20.3 Å². The van der Waals surface area contributed by atoms with Crippen molar-refractivity contribution < 1.29 is 43.5 Å². The number of benzene rings is 2. The first kappa shape index (κ1) is 25.0. The summed E-state index contributed by atoms with van der Waals surface area (Å²) >= 11 is 0. The Kier molecular flexibility index (Phi) is 9.51. The van der Waals surface area contributed by atoms with Gasteiger partial charge in [-0.05, 0) is 47.5 Å². The van der Waals surface area contributed by atoms with Crippen LogP contribution in [0, 0.1) is 0 Å². The monoisotopic (exact) mass is 456 g/mol. The van der Waals surface area contributed by atoms with Gasteiger partial charge < -0.3 is 29.2 Å². The number of ether oxygens (including phenoxy) is 4. The van der Waals surface area contributed by atoms with Crippen molar-refractivity contribution in [3.63, 3.8) is 0 Å². The minimum atomic E-state index is -1.02. The predicted molar refractivity (Wildman–Crippen MR) is 118 cm³/mol. The van der Waals surface area contributed by atoms with E-state index in [4.69, 9.17) is 18.9 Å². The normalized spacial score (nSPS) is 11.8. The van der Waals surface area contributed by atoms with E-state index >= 15 is 0 Å². The van der Waals surface area contributed by atoms with E-state index in [0.717, 1.165) is 6.08 Å². The molecule has 0 heterocycles. The molecule has 0 aliphatic heterocycles. The molecule has 2 aromatic rings. The molecule has 174 valence electrons. The second kappa shape index (κ2) is 12.6. The number of aromatic hydroxyl groups is 2. The van der Waals surface area contributed by atoms with Crippen molar-refractivity contribution in [3.8, 4) is 17.2 Å². The molecule has 0 radical (unpaired) electrons. The molecule has 0 bridgehead atoms. The van der Waals surface area contributed by atoms with E-state index in [1.165, 1.54) is 56.5 Å². The van der Waals surface area contributed by atoms with E-state index in [2.05, 4.69) is 0 Å².